The molecule has 15 heavy (non-hydrogen) atoms. The van der Waals surface area contributed by atoms with Crippen LogP contribution in [0.2, 0.25) is 0 Å². The molecule has 0 heterocycles. The second-order valence-electron chi connectivity index (χ2n) is 3.34. The van der Waals surface area contributed by atoms with Crippen molar-refractivity contribution in [2.45, 2.75) is 25.2 Å². The number of benzene rings is 1. The Morgan fingerprint density at radius 3 is 2.47 bits per heavy atom. The summed E-state index contributed by atoms with van der Waals surface area (Å²) >= 11 is 0. The summed E-state index contributed by atoms with van der Waals surface area (Å²) in [5, 5.41) is 8.94. The van der Waals surface area contributed by atoms with Gasteiger partial charge < -0.3 is 5.11 Å². The summed E-state index contributed by atoms with van der Waals surface area (Å²) in [4.78, 5) is 11.6. The van der Waals surface area contributed by atoms with Crippen molar-refractivity contribution in [2.24, 2.45) is 0 Å². The molecule has 0 aliphatic heterocycles. The van der Waals surface area contributed by atoms with Crippen LogP contribution in [0, 0.1) is 6.92 Å². The highest BCUT2D eigenvalue weighted by Crippen LogP contribution is 2.22. The molecule has 1 N–H and O–H groups in total. The molecule has 1 rings (SSSR count). The highest BCUT2D eigenvalue weighted by molar-refractivity contribution is 7.84. The van der Waals surface area contributed by atoms with Gasteiger partial charge in [0.1, 0.15) is 0 Å². The molecule has 0 bridgehead atoms. The van der Waals surface area contributed by atoms with E-state index >= 15 is 0 Å². The molecular weight excluding hydrogens is 212 g/mol. The molecule has 1 aromatic rings. The number of hydrogen-bond acceptors (Lipinski definition) is 2. The number of aryl methyl sites for hydroxylation is 1. The summed E-state index contributed by atoms with van der Waals surface area (Å²) in [5.41, 5.74) is 1.80. The van der Waals surface area contributed by atoms with Crippen molar-refractivity contribution in [1.82, 2.24) is 0 Å². The lowest BCUT2D eigenvalue weighted by molar-refractivity contribution is 0.0696. The first-order valence-electron chi connectivity index (χ1n) is 4.68. The van der Waals surface area contributed by atoms with Crippen molar-refractivity contribution in [2.75, 3.05) is 6.26 Å². The van der Waals surface area contributed by atoms with Crippen molar-refractivity contribution >= 4 is 16.8 Å². The van der Waals surface area contributed by atoms with Crippen molar-refractivity contribution < 1.29 is 14.1 Å². The van der Waals surface area contributed by atoms with Gasteiger partial charge in [0.25, 0.3) is 0 Å². The van der Waals surface area contributed by atoms with Gasteiger partial charge in [0.15, 0.2) is 0 Å². The van der Waals surface area contributed by atoms with Crippen LogP contribution in [0.3, 0.4) is 0 Å². The van der Waals surface area contributed by atoms with Crippen molar-refractivity contribution in [3.05, 3.63) is 28.8 Å². The molecule has 1 atom stereocenters. The van der Waals surface area contributed by atoms with E-state index in [1.54, 1.807) is 25.3 Å². The summed E-state index contributed by atoms with van der Waals surface area (Å²) in [5.74, 6) is -0.971. The summed E-state index contributed by atoms with van der Waals surface area (Å²) in [6.45, 7) is 3.67. The van der Waals surface area contributed by atoms with Crippen LogP contribution in [0.4, 0.5) is 0 Å². The molecule has 0 aliphatic carbocycles. The Balaban J connectivity index is 3.49. The Morgan fingerprint density at radius 2 is 2.07 bits per heavy atom. The third kappa shape index (κ3) is 2.26. The number of aromatic carboxylic acids is 1. The number of carbonyl (C=O) groups is 1. The maximum Gasteiger partial charge on any atom is 0.335 e. The summed E-state index contributed by atoms with van der Waals surface area (Å²) in [6, 6.07) is 3.32. The average molecular weight is 226 g/mol. The highest BCUT2D eigenvalue weighted by Gasteiger charge is 2.15. The van der Waals surface area contributed by atoms with Crippen molar-refractivity contribution in [3.8, 4) is 0 Å². The zero-order chi connectivity index (χ0) is 11.6. The van der Waals surface area contributed by atoms with Crippen LogP contribution >= 0.6 is 0 Å². The van der Waals surface area contributed by atoms with E-state index in [2.05, 4.69) is 0 Å². The molecule has 0 aliphatic rings. The van der Waals surface area contributed by atoms with Gasteiger partial charge in [0.2, 0.25) is 0 Å². The Morgan fingerprint density at radius 1 is 1.47 bits per heavy atom. The van der Waals surface area contributed by atoms with Crippen molar-refractivity contribution in [3.63, 3.8) is 0 Å². The van der Waals surface area contributed by atoms with E-state index in [0.29, 0.717) is 10.5 Å². The minimum Gasteiger partial charge on any atom is -0.478 e. The molecule has 4 heteroatoms. The fourth-order valence-corrected chi connectivity index (χ4v) is 2.78. The standard InChI is InChI=1S/C11H14O3S/c1-4-8-5-6-9(11(12)13)7(2)10(8)15(3)14/h5-6H,4H2,1-3H3,(H,12,13)/t15-/m1/s1. The number of carboxylic acid groups (broad SMARTS) is 1. The Bertz CT molecular complexity index is 424. The third-order valence-electron chi connectivity index (χ3n) is 2.39. The van der Waals surface area contributed by atoms with Crippen LogP contribution in [-0.2, 0) is 17.2 Å². The van der Waals surface area contributed by atoms with E-state index in [0.717, 1.165) is 12.0 Å². The van der Waals surface area contributed by atoms with Crippen LogP contribution in [0.1, 0.15) is 28.4 Å². The first-order valence-corrected chi connectivity index (χ1v) is 6.24. The normalized spacial score (nSPS) is 12.5. The summed E-state index contributed by atoms with van der Waals surface area (Å²) in [7, 11) is -1.14. The van der Waals surface area contributed by atoms with E-state index in [4.69, 9.17) is 5.11 Å². The van der Waals surface area contributed by atoms with E-state index in [9.17, 15) is 9.00 Å². The summed E-state index contributed by atoms with van der Waals surface area (Å²) < 4.78 is 11.5. The zero-order valence-electron chi connectivity index (χ0n) is 9.03. The number of hydrogen-bond donors (Lipinski definition) is 1. The molecule has 3 nitrogen and oxygen atoms in total. The van der Waals surface area contributed by atoms with Crippen molar-refractivity contribution in [1.29, 1.82) is 0 Å². The quantitative estimate of drug-likeness (QED) is 0.857. The first-order chi connectivity index (χ1) is 6.99. The maximum absolute atomic E-state index is 11.5. The van der Waals surface area contributed by atoms with Gasteiger partial charge >= 0.3 is 5.97 Å². The molecule has 0 amide bonds. The SMILES string of the molecule is CCc1ccc(C(=O)O)c(C)c1[S@@](C)=O. The first kappa shape index (κ1) is 11.9. The van der Waals surface area contributed by atoms with Crippen LogP contribution in [-0.4, -0.2) is 21.5 Å². The van der Waals surface area contributed by atoms with Crippen LogP contribution in [0.25, 0.3) is 0 Å². The van der Waals surface area contributed by atoms with Gasteiger partial charge in [-0.1, -0.05) is 13.0 Å². The molecule has 0 fully saturated rings. The van der Waals surface area contributed by atoms with Gasteiger partial charge in [-0.25, -0.2) is 4.79 Å². The molecule has 0 aromatic heterocycles. The molecule has 0 unspecified atom stereocenters. The van der Waals surface area contributed by atoms with E-state index < -0.39 is 16.8 Å². The van der Waals surface area contributed by atoms with Crippen LogP contribution < -0.4 is 0 Å². The molecule has 0 radical (unpaired) electrons. The minimum atomic E-state index is -1.14. The zero-order valence-corrected chi connectivity index (χ0v) is 9.85. The van der Waals surface area contributed by atoms with Gasteiger partial charge in [0, 0.05) is 11.2 Å². The number of rotatable bonds is 3. The molecule has 0 saturated carbocycles. The topological polar surface area (TPSA) is 54.4 Å². The summed E-state index contributed by atoms with van der Waals surface area (Å²) in [6.07, 6.45) is 2.34. The van der Waals surface area contributed by atoms with Gasteiger partial charge in [-0.05, 0) is 30.5 Å². The number of carboxylic acids is 1. The lowest BCUT2D eigenvalue weighted by Crippen LogP contribution is -2.06. The van der Waals surface area contributed by atoms with Crippen LogP contribution in [0.5, 0.6) is 0 Å². The van der Waals surface area contributed by atoms with E-state index in [-0.39, 0.29) is 5.56 Å². The molecule has 0 saturated heterocycles. The fourth-order valence-electron chi connectivity index (χ4n) is 1.66. The van der Waals surface area contributed by atoms with Gasteiger partial charge in [-0.3, -0.25) is 4.21 Å². The largest absolute Gasteiger partial charge is 0.478 e. The second kappa shape index (κ2) is 4.57. The predicted molar refractivity (Wildman–Crippen MR) is 59.8 cm³/mol. The van der Waals surface area contributed by atoms with Crippen LogP contribution in [0.15, 0.2) is 17.0 Å². The lowest BCUT2D eigenvalue weighted by atomic mass is 10.0. The molecule has 0 spiro atoms. The smallest absolute Gasteiger partial charge is 0.335 e. The highest BCUT2D eigenvalue weighted by atomic mass is 32.2. The Kier molecular flexibility index (Phi) is 3.63. The van der Waals surface area contributed by atoms with Gasteiger partial charge in [-0.15, -0.1) is 0 Å². The molecule has 82 valence electrons. The molecule has 1 aromatic carbocycles. The third-order valence-corrected chi connectivity index (χ3v) is 3.53. The van der Waals surface area contributed by atoms with E-state index in [1.807, 2.05) is 6.92 Å². The van der Waals surface area contributed by atoms with E-state index in [1.165, 1.54) is 0 Å². The second-order valence-corrected chi connectivity index (χ2v) is 4.66. The minimum absolute atomic E-state index is 0.234. The predicted octanol–water partition coefficient (Wildman–Crippen LogP) is 1.99. The average Bonchev–Trinajstić information content (AvgIpc) is 2.15. The van der Waals surface area contributed by atoms with Gasteiger partial charge in [-0.2, -0.15) is 0 Å². The maximum atomic E-state index is 11.5. The lowest BCUT2D eigenvalue weighted by Gasteiger charge is -2.11. The van der Waals surface area contributed by atoms with Gasteiger partial charge in [0.05, 0.1) is 16.4 Å². The Labute approximate surface area is 91.6 Å². The monoisotopic (exact) mass is 226 g/mol. The fraction of sp³-hybridized carbons (Fsp3) is 0.364. The molecular formula is C11H14O3S. The Hall–Kier alpha value is -1.16.